The number of imidazole rings is 1. The van der Waals surface area contributed by atoms with Crippen LogP contribution in [0.1, 0.15) is 107 Å². The van der Waals surface area contributed by atoms with E-state index in [-0.39, 0.29) is 47.5 Å². The van der Waals surface area contributed by atoms with Crippen LogP contribution in [0.5, 0.6) is 0 Å². The van der Waals surface area contributed by atoms with Crippen molar-refractivity contribution in [3.8, 4) is 0 Å². The zero-order valence-electron chi connectivity index (χ0n) is 29.9. The van der Waals surface area contributed by atoms with Gasteiger partial charge in [0.05, 0.1) is 24.5 Å². The summed E-state index contributed by atoms with van der Waals surface area (Å²) in [7, 11) is 1.76. The van der Waals surface area contributed by atoms with Gasteiger partial charge in [0.1, 0.15) is 6.04 Å². The van der Waals surface area contributed by atoms with Crippen LogP contribution in [0.15, 0.2) is 30.4 Å². The molecule has 2 fully saturated rings. The van der Waals surface area contributed by atoms with E-state index in [0.29, 0.717) is 25.0 Å². The lowest BCUT2D eigenvalue weighted by Gasteiger charge is -2.41. The number of nitrogens with zero attached hydrogens (tertiary/aromatic N) is 5. The van der Waals surface area contributed by atoms with E-state index in [0.717, 1.165) is 51.6 Å². The Labute approximate surface area is 277 Å². The molecule has 10 nitrogen and oxygen atoms in total. The lowest BCUT2D eigenvalue weighted by Crippen LogP contribution is -2.60. The fourth-order valence-corrected chi connectivity index (χ4v) is 6.92. The van der Waals surface area contributed by atoms with Crippen LogP contribution in [0.25, 0.3) is 0 Å². The summed E-state index contributed by atoms with van der Waals surface area (Å²) in [6.07, 6.45) is 13.8. The fraction of sp³-hybridized carbons (Fsp3) is 0.750. The van der Waals surface area contributed by atoms with Crippen molar-refractivity contribution in [1.29, 1.82) is 0 Å². The fourth-order valence-electron chi connectivity index (χ4n) is 6.92. The molecule has 2 saturated heterocycles. The van der Waals surface area contributed by atoms with Gasteiger partial charge in [-0.2, -0.15) is 0 Å². The van der Waals surface area contributed by atoms with Crippen molar-refractivity contribution in [2.24, 2.45) is 11.3 Å². The molecule has 0 aliphatic carbocycles. The molecule has 0 aromatic carbocycles. The molecule has 3 heterocycles. The van der Waals surface area contributed by atoms with Gasteiger partial charge in [-0.25, -0.2) is 4.98 Å². The second kappa shape index (κ2) is 16.7. The minimum absolute atomic E-state index is 0.0225. The SMILES string of the molecule is C/C(=C\[C@H](C(C)C)N(C)C(=O)[C@@H](NC(=O)[C@H]1CCCCN1C(C)C)C(C)(C)C)C(=O)N1CCC[C@H]1C(=O)CCCCn1ccnc1. The molecule has 0 spiro atoms. The number of likely N-dealkylation sites (N-methyl/N-ethyl adjacent to an activating group) is 1. The highest BCUT2D eigenvalue weighted by atomic mass is 16.2. The Kier molecular flexibility index (Phi) is 13.6. The van der Waals surface area contributed by atoms with E-state index in [1.54, 1.807) is 36.3 Å². The molecule has 2 aliphatic rings. The van der Waals surface area contributed by atoms with Crippen molar-refractivity contribution in [2.45, 2.75) is 144 Å². The van der Waals surface area contributed by atoms with Crippen LogP contribution >= 0.6 is 0 Å². The molecule has 2 aliphatic heterocycles. The normalized spacial score (nSPS) is 21.0. The van der Waals surface area contributed by atoms with Crippen LogP contribution in [-0.4, -0.2) is 98.1 Å². The number of carbonyl (C=O) groups is 4. The standard InChI is InChI=1S/C36H60N6O4/c1-25(2)30(39(9)35(46)32(36(6,7)8)38-33(44)29-15-10-13-20-41(29)26(3)4)23-27(5)34(45)42-21-14-16-28(42)31(43)17-11-12-19-40-22-18-37-24-40/h18,22-26,28-30,32H,10-17,19-21H2,1-9H3,(H,38,44)/b27-23+/t28-,29+,30+,32+/m0/s1. The van der Waals surface area contributed by atoms with E-state index < -0.39 is 17.5 Å². The van der Waals surface area contributed by atoms with Gasteiger partial charge in [-0.3, -0.25) is 24.1 Å². The maximum absolute atomic E-state index is 14.1. The molecule has 10 heteroatoms. The summed E-state index contributed by atoms with van der Waals surface area (Å²) < 4.78 is 2.01. The first-order valence-corrected chi connectivity index (χ1v) is 17.4. The molecular weight excluding hydrogens is 580 g/mol. The predicted octanol–water partition coefficient (Wildman–Crippen LogP) is 4.84. The molecule has 0 unspecified atom stereocenters. The number of ketones is 1. The molecule has 1 aromatic rings. The van der Waals surface area contributed by atoms with E-state index in [9.17, 15) is 19.2 Å². The van der Waals surface area contributed by atoms with Crippen LogP contribution in [0.2, 0.25) is 0 Å². The summed E-state index contributed by atoms with van der Waals surface area (Å²) in [6, 6.07) is -1.48. The molecule has 258 valence electrons. The number of carbonyl (C=O) groups excluding carboxylic acids is 4. The summed E-state index contributed by atoms with van der Waals surface area (Å²) >= 11 is 0. The second-order valence-corrected chi connectivity index (χ2v) is 15.1. The summed E-state index contributed by atoms with van der Waals surface area (Å²) in [5.41, 5.74) is 0.0142. The summed E-state index contributed by atoms with van der Waals surface area (Å²) in [5, 5.41) is 3.14. The first kappa shape index (κ1) is 37.4. The number of hydrogen-bond acceptors (Lipinski definition) is 6. The van der Waals surface area contributed by atoms with Crippen LogP contribution in [-0.2, 0) is 25.7 Å². The van der Waals surface area contributed by atoms with E-state index >= 15 is 0 Å². The number of amides is 3. The molecule has 1 N–H and O–H groups in total. The minimum atomic E-state index is -0.721. The van der Waals surface area contributed by atoms with Gasteiger partial charge in [0.15, 0.2) is 5.78 Å². The quantitative estimate of drug-likeness (QED) is 0.231. The molecule has 4 atom stereocenters. The highest BCUT2D eigenvalue weighted by Gasteiger charge is 2.40. The van der Waals surface area contributed by atoms with Crippen molar-refractivity contribution in [3.63, 3.8) is 0 Å². The predicted molar refractivity (Wildman–Crippen MR) is 182 cm³/mol. The lowest BCUT2D eigenvalue weighted by molar-refractivity contribution is -0.142. The molecule has 46 heavy (non-hydrogen) atoms. The first-order chi connectivity index (χ1) is 21.6. The summed E-state index contributed by atoms with van der Waals surface area (Å²) in [4.78, 5) is 64.4. The second-order valence-electron chi connectivity index (χ2n) is 15.1. The zero-order valence-corrected chi connectivity index (χ0v) is 29.9. The van der Waals surface area contributed by atoms with Gasteiger partial charge in [-0.15, -0.1) is 0 Å². The Morgan fingerprint density at radius 2 is 1.70 bits per heavy atom. The van der Waals surface area contributed by atoms with Gasteiger partial charge >= 0.3 is 0 Å². The average Bonchev–Trinajstić information content (AvgIpc) is 3.71. The smallest absolute Gasteiger partial charge is 0.249 e. The Morgan fingerprint density at radius 1 is 1.00 bits per heavy atom. The van der Waals surface area contributed by atoms with Gasteiger partial charge in [-0.05, 0) is 77.2 Å². The Morgan fingerprint density at radius 3 is 2.30 bits per heavy atom. The van der Waals surface area contributed by atoms with E-state index in [4.69, 9.17) is 0 Å². The number of rotatable bonds is 14. The third-order valence-electron chi connectivity index (χ3n) is 9.68. The lowest BCUT2D eigenvalue weighted by atomic mass is 9.84. The highest BCUT2D eigenvalue weighted by Crippen LogP contribution is 2.27. The van der Waals surface area contributed by atoms with Gasteiger partial charge in [0.25, 0.3) is 0 Å². The van der Waals surface area contributed by atoms with Crippen molar-refractivity contribution < 1.29 is 19.2 Å². The zero-order chi connectivity index (χ0) is 34.2. The van der Waals surface area contributed by atoms with Gasteiger partial charge in [-0.1, -0.05) is 47.1 Å². The van der Waals surface area contributed by atoms with Gasteiger partial charge in [0, 0.05) is 50.6 Å². The highest BCUT2D eigenvalue weighted by molar-refractivity contribution is 5.97. The van der Waals surface area contributed by atoms with Gasteiger partial charge < -0.3 is 19.7 Å². The third kappa shape index (κ3) is 9.75. The number of hydrogen-bond donors (Lipinski definition) is 1. The minimum Gasteiger partial charge on any atom is -0.342 e. The van der Waals surface area contributed by atoms with Gasteiger partial charge in [0.2, 0.25) is 17.7 Å². The average molecular weight is 641 g/mol. The molecule has 1 aromatic heterocycles. The maximum Gasteiger partial charge on any atom is 0.249 e. The Hall–Kier alpha value is -3.01. The Bertz CT molecular complexity index is 1200. The first-order valence-electron chi connectivity index (χ1n) is 17.4. The van der Waals surface area contributed by atoms with E-state index in [1.807, 2.05) is 51.5 Å². The Balaban J connectivity index is 1.69. The van der Waals surface area contributed by atoms with E-state index in [1.165, 1.54) is 0 Å². The third-order valence-corrected chi connectivity index (χ3v) is 9.68. The van der Waals surface area contributed by atoms with Crippen LogP contribution in [0.4, 0.5) is 0 Å². The number of aromatic nitrogens is 2. The summed E-state index contributed by atoms with van der Waals surface area (Å²) in [6.45, 7) is 18.3. The van der Waals surface area contributed by atoms with Crippen molar-refractivity contribution in [2.75, 3.05) is 20.1 Å². The van der Waals surface area contributed by atoms with Crippen molar-refractivity contribution in [1.82, 2.24) is 29.6 Å². The number of aryl methyl sites for hydroxylation is 1. The van der Waals surface area contributed by atoms with E-state index in [2.05, 4.69) is 29.0 Å². The van der Waals surface area contributed by atoms with Crippen LogP contribution < -0.4 is 5.32 Å². The van der Waals surface area contributed by atoms with Crippen molar-refractivity contribution >= 4 is 23.5 Å². The molecule has 0 bridgehead atoms. The monoisotopic (exact) mass is 640 g/mol. The van der Waals surface area contributed by atoms with Crippen LogP contribution in [0, 0.1) is 11.3 Å². The maximum atomic E-state index is 14.1. The number of piperidine rings is 1. The largest absolute Gasteiger partial charge is 0.342 e. The molecular formula is C36H60N6O4. The number of unbranched alkanes of at least 4 members (excludes halogenated alkanes) is 1. The number of nitrogens with one attached hydrogen (secondary N) is 1. The molecule has 0 radical (unpaired) electrons. The molecule has 0 saturated carbocycles. The summed E-state index contributed by atoms with van der Waals surface area (Å²) in [5.74, 6) is -0.269. The molecule has 3 amide bonds. The van der Waals surface area contributed by atoms with Crippen molar-refractivity contribution in [3.05, 3.63) is 30.4 Å². The number of likely N-dealkylation sites (tertiary alicyclic amines) is 2. The molecule has 3 rings (SSSR count). The van der Waals surface area contributed by atoms with Crippen LogP contribution in [0.3, 0.4) is 0 Å². The number of Topliss-reactive ketones (excluding diaryl/α,β-unsaturated/α-hetero) is 1. The topological polar surface area (TPSA) is 108 Å².